The van der Waals surface area contributed by atoms with Crippen molar-refractivity contribution in [3.05, 3.63) is 58.4 Å². The van der Waals surface area contributed by atoms with E-state index in [1.54, 1.807) is 12.1 Å². The Hall–Kier alpha value is -2.60. The van der Waals surface area contributed by atoms with Crippen molar-refractivity contribution < 1.29 is 18.7 Å². The number of methoxy groups -OCH3 is 1. The van der Waals surface area contributed by atoms with Crippen LogP contribution in [-0.2, 0) is 4.79 Å². The molecule has 7 heteroatoms. The van der Waals surface area contributed by atoms with Crippen molar-refractivity contribution in [1.82, 2.24) is 5.32 Å². The maximum atomic E-state index is 13.2. The van der Waals surface area contributed by atoms with Crippen LogP contribution in [-0.4, -0.2) is 32.0 Å². The molecule has 0 atom stereocenters. The number of hydrogen-bond acceptors (Lipinski definition) is 3. The first kappa shape index (κ1) is 19.7. The number of carbonyl (C=O) groups is 2. The zero-order valence-corrected chi connectivity index (χ0v) is 15.6. The van der Waals surface area contributed by atoms with Gasteiger partial charge in [0, 0.05) is 36.7 Å². The van der Waals surface area contributed by atoms with E-state index >= 15 is 0 Å². The Morgan fingerprint density at radius 2 is 2.00 bits per heavy atom. The Morgan fingerprint density at radius 1 is 1.27 bits per heavy atom. The third kappa shape index (κ3) is 4.73. The highest BCUT2D eigenvalue weighted by Crippen LogP contribution is 2.33. The number of halogens is 2. The van der Waals surface area contributed by atoms with Gasteiger partial charge in [-0.25, -0.2) is 4.39 Å². The normalized spacial score (nSPS) is 10.3. The number of rotatable bonds is 6. The molecular formula is C19H20ClFN2O3. The summed E-state index contributed by atoms with van der Waals surface area (Å²) in [6.07, 6.45) is 0. The van der Waals surface area contributed by atoms with Crippen LogP contribution in [0.3, 0.4) is 0 Å². The molecule has 0 saturated carbocycles. The maximum Gasteiger partial charge on any atom is 0.251 e. The third-order valence-corrected chi connectivity index (χ3v) is 4.25. The molecule has 1 N–H and O–H groups in total. The van der Waals surface area contributed by atoms with Crippen molar-refractivity contribution in [1.29, 1.82) is 0 Å². The summed E-state index contributed by atoms with van der Waals surface area (Å²) in [5, 5.41) is 3.21. The van der Waals surface area contributed by atoms with Crippen LogP contribution < -0.4 is 15.0 Å². The predicted molar refractivity (Wildman–Crippen MR) is 99.5 cm³/mol. The Bertz CT molecular complexity index is 826. The first-order valence-electron chi connectivity index (χ1n) is 7.99. The van der Waals surface area contributed by atoms with Crippen LogP contribution >= 0.6 is 11.6 Å². The SMILES string of the molecule is COc1cc(Cl)c(C)cc1N(CCNC(=O)c1cccc(F)c1)C(C)=O. The molecule has 2 rings (SSSR count). The molecule has 138 valence electrons. The summed E-state index contributed by atoms with van der Waals surface area (Å²) in [5.41, 5.74) is 1.60. The van der Waals surface area contributed by atoms with Gasteiger partial charge in [-0.05, 0) is 36.8 Å². The number of benzene rings is 2. The van der Waals surface area contributed by atoms with E-state index in [4.69, 9.17) is 16.3 Å². The molecule has 0 heterocycles. The fourth-order valence-corrected chi connectivity index (χ4v) is 2.64. The molecule has 0 fully saturated rings. The van der Waals surface area contributed by atoms with Crippen LogP contribution in [0.1, 0.15) is 22.8 Å². The zero-order valence-electron chi connectivity index (χ0n) is 14.8. The summed E-state index contributed by atoms with van der Waals surface area (Å²) < 4.78 is 18.5. The van der Waals surface area contributed by atoms with E-state index in [0.29, 0.717) is 16.5 Å². The molecule has 0 unspecified atom stereocenters. The number of aryl methyl sites for hydroxylation is 1. The summed E-state index contributed by atoms with van der Waals surface area (Å²) in [4.78, 5) is 25.7. The molecular weight excluding hydrogens is 359 g/mol. The third-order valence-electron chi connectivity index (χ3n) is 3.84. The van der Waals surface area contributed by atoms with E-state index in [9.17, 15) is 14.0 Å². The lowest BCUT2D eigenvalue weighted by Crippen LogP contribution is -2.37. The van der Waals surface area contributed by atoms with E-state index < -0.39 is 11.7 Å². The van der Waals surface area contributed by atoms with Crippen LogP contribution in [0.15, 0.2) is 36.4 Å². The largest absolute Gasteiger partial charge is 0.495 e. The van der Waals surface area contributed by atoms with E-state index in [1.165, 1.54) is 37.1 Å². The van der Waals surface area contributed by atoms with Crippen molar-refractivity contribution in [3.63, 3.8) is 0 Å². The summed E-state index contributed by atoms with van der Waals surface area (Å²) in [5.74, 6) is -0.631. The summed E-state index contributed by atoms with van der Waals surface area (Å²) in [7, 11) is 1.49. The molecule has 0 aliphatic carbocycles. The lowest BCUT2D eigenvalue weighted by Gasteiger charge is -2.24. The van der Waals surface area contributed by atoms with E-state index in [2.05, 4.69) is 5.32 Å². The van der Waals surface area contributed by atoms with Crippen LogP contribution in [0.25, 0.3) is 0 Å². The Kier molecular flexibility index (Phi) is 6.58. The molecule has 0 aromatic heterocycles. The molecule has 2 amide bonds. The van der Waals surface area contributed by atoms with Gasteiger partial charge < -0.3 is 15.0 Å². The van der Waals surface area contributed by atoms with E-state index in [-0.39, 0.29) is 24.6 Å². The van der Waals surface area contributed by atoms with Gasteiger partial charge in [0.25, 0.3) is 5.91 Å². The van der Waals surface area contributed by atoms with Crippen molar-refractivity contribution in [2.75, 3.05) is 25.1 Å². The molecule has 2 aromatic rings. The number of nitrogens with zero attached hydrogens (tertiary/aromatic N) is 1. The summed E-state index contributed by atoms with van der Waals surface area (Å²) in [6.45, 7) is 3.68. The fourth-order valence-electron chi connectivity index (χ4n) is 2.48. The number of carbonyl (C=O) groups excluding carboxylic acids is 2. The number of anilines is 1. The Labute approximate surface area is 156 Å². The molecule has 0 bridgehead atoms. The summed E-state index contributed by atoms with van der Waals surface area (Å²) in [6, 6.07) is 8.82. The first-order valence-corrected chi connectivity index (χ1v) is 8.37. The average molecular weight is 379 g/mol. The van der Waals surface area contributed by atoms with Gasteiger partial charge in [-0.2, -0.15) is 0 Å². The molecule has 0 radical (unpaired) electrons. The zero-order chi connectivity index (χ0) is 19.3. The average Bonchev–Trinajstić information content (AvgIpc) is 2.60. The number of hydrogen-bond donors (Lipinski definition) is 1. The van der Waals surface area contributed by atoms with Gasteiger partial charge in [0.15, 0.2) is 0 Å². The second kappa shape index (κ2) is 8.67. The molecule has 2 aromatic carbocycles. The van der Waals surface area contributed by atoms with Gasteiger partial charge in [0.2, 0.25) is 5.91 Å². The highest BCUT2D eigenvalue weighted by Gasteiger charge is 2.18. The highest BCUT2D eigenvalue weighted by atomic mass is 35.5. The molecule has 5 nitrogen and oxygen atoms in total. The minimum absolute atomic E-state index is 0.194. The molecule has 26 heavy (non-hydrogen) atoms. The van der Waals surface area contributed by atoms with Crippen LogP contribution in [0.2, 0.25) is 5.02 Å². The minimum Gasteiger partial charge on any atom is -0.495 e. The van der Waals surface area contributed by atoms with Gasteiger partial charge in [-0.3, -0.25) is 9.59 Å². The lowest BCUT2D eigenvalue weighted by molar-refractivity contribution is -0.116. The van der Waals surface area contributed by atoms with Gasteiger partial charge in [0.1, 0.15) is 11.6 Å². The standard InChI is InChI=1S/C19H20ClFN2O3/c1-12-9-17(18(26-3)11-16(12)20)23(13(2)24)8-7-22-19(25)14-5-4-6-15(21)10-14/h4-6,9-11H,7-8H2,1-3H3,(H,22,25). The second-order valence-corrected chi connectivity index (χ2v) is 6.12. The van der Waals surface area contributed by atoms with Crippen molar-refractivity contribution in [2.45, 2.75) is 13.8 Å². The minimum atomic E-state index is -0.482. The predicted octanol–water partition coefficient (Wildman–Crippen LogP) is 3.58. The molecule has 0 saturated heterocycles. The van der Waals surface area contributed by atoms with Crippen LogP contribution in [0.5, 0.6) is 5.75 Å². The van der Waals surface area contributed by atoms with Crippen molar-refractivity contribution >= 4 is 29.1 Å². The van der Waals surface area contributed by atoms with Crippen LogP contribution in [0, 0.1) is 12.7 Å². The highest BCUT2D eigenvalue weighted by molar-refractivity contribution is 6.31. The number of ether oxygens (including phenoxy) is 1. The van der Waals surface area contributed by atoms with Crippen molar-refractivity contribution in [2.24, 2.45) is 0 Å². The van der Waals surface area contributed by atoms with Crippen molar-refractivity contribution in [3.8, 4) is 5.75 Å². The van der Waals surface area contributed by atoms with E-state index in [0.717, 1.165) is 11.6 Å². The fraction of sp³-hybridized carbons (Fsp3) is 0.263. The maximum absolute atomic E-state index is 13.2. The summed E-state index contributed by atoms with van der Waals surface area (Å²) >= 11 is 6.10. The van der Waals surface area contributed by atoms with Gasteiger partial charge in [-0.1, -0.05) is 17.7 Å². The van der Waals surface area contributed by atoms with Crippen LogP contribution in [0.4, 0.5) is 10.1 Å². The van der Waals surface area contributed by atoms with Gasteiger partial charge in [-0.15, -0.1) is 0 Å². The first-order chi connectivity index (χ1) is 12.3. The molecule has 0 aliphatic heterocycles. The monoisotopic (exact) mass is 378 g/mol. The number of nitrogens with one attached hydrogen (secondary N) is 1. The van der Waals surface area contributed by atoms with Gasteiger partial charge in [0.05, 0.1) is 12.8 Å². The van der Waals surface area contributed by atoms with E-state index in [1.807, 2.05) is 6.92 Å². The topological polar surface area (TPSA) is 58.6 Å². The lowest BCUT2D eigenvalue weighted by atomic mass is 10.1. The number of amides is 2. The molecule has 0 spiro atoms. The second-order valence-electron chi connectivity index (χ2n) is 5.71. The smallest absolute Gasteiger partial charge is 0.251 e. The Morgan fingerprint density at radius 3 is 2.62 bits per heavy atom. The quantitative estimate of drug-likeness (QED) is 0.835. The van der Waals surface area contributed by atoms with Gasteiger partial charge >= 0.3 is 0 Å². The molecule has 0 aliphatic rings. The Balaban J connectivity index is 2.11.